The lowest BCUT2D eigenvalue weighted by Crippen LogP contribution is -2.34. The van der Waals surface area contributed by atoms with Crippen LogP contribution in [0.4, 0.5) is 0 Å². The molecule has 0 unspecified atom stereocenters. The third-order valence-corrected chi connectivity index (χ3v) is 4.00. The van der Waals surface area contributed by atoms with Crippen molar-refractivity contribution in [3.8, 4) is 0 Å². The van der Waals surface area contributed by atoms with Crippen LogP contribution in [0.1, 0.15) is 24.3 Å². The highest BCUT2D eigenvalue weighted by atomic mass is 35.5. The van der Waals surface area contributed by atoms with Gasteiger partial charge in [-0.05, 0) is 48.5 Å². The molecule has 90 valence electrons. The highest BCUT2D eigenvalue weighted by Gasteiger charge is 2.23. The molecule has 8 heteroatoms. The summed E-state index contributed by atoms with van der Waals surface area (Å²) in [6, 6.07) is 0. The van der Waals surface area contributed by atoms with Gasteiger partial charge in [0.25, 0.3) is 0 Å². The maximum Gasteiger partial charge on any atom is 0.173 e. The molecule has 0 atom stereocenters. The van der Waals surface area contributed by atoms with E-state index in [9.17, 15) is 0 Å². The molecule has 1 aliphatic heterocycles. The third kappa shape index (κ3) is 2.09. The van der Waals surface area contributed by atoms with Gasteiger partial charge in [-0.1, -0.05) is 11.6 Å². The number of nitrogens with one attached hydrogen (secondary N) is 1. The molecule has 1 N–H and O–H groups in total. The number of pyridine rings is 1. The molecular formula is C11H10B3ClN4. The molecule has 19 heavy (non-hydrogen) atoms. The Kier molecular flexibility index (Phi) is 3.35. The van der Waals surface area contributed by atoms with Gasteiger partial charge in [0.15, 0.2) is 7.85 Å². The van der Waals surface area contributed by atoms with E-state index in [1.54, 1.807) is 0 Å². The van der Waals surface area contributed by atoms with Crippen molar-refractivity contribution in [1.82, 2.24) is 19.9 Å². The third-order valence-electron chi connectivity index (χ3n) is 3.59. The highest BCUT2D eigenvalue weighted by molar-refractivity contribution is 6.50. The molecule has 0 amide bonds. The molecule has 1 aliphatic rings. The zero-order chi connectivity index (χ0) is 13.6. The average molecular weight is 266 g/mol. The van der Waals surface area contributed by atoms with Gasteiger partial charge in [-0.2, -0.15) is 5.10 Å². The van der Waals surface area contributed by atoms with E-state index in [1.165, 1.54) is 4.52 Å². The SMILES string of the molecule is [B]c1nc2c([B])c(Cl)c(C3CCNCC3)c([B])n2n1. The van der Waals surface area contributed by atoms with Crippen LogP contribution in [0.3, 0.4) is 0 Å². The number of nitrogens with zero attached hydrogens (tertiary/aromatic N) is 3. The van der Waals surface area contributed by atoms with Gasteiger partial charge < -0.3 is 5.32 Å². The Morgan fingerprint density at radius 1 is 1.21 bits per heavy atom. The molecule has 0 spiro atoms. The van der Waals surface area contributed by atoms with Crippen LogP contribution in [0.25, 0.3) is 5.65 Å². The first kappa shape index (κ1) is 13.1. The molecule has 0 saturated carbocycles. The van der Waals surface area contributed by atoms with Crippen molar-refractivity contribution in [3.63, 3.8) is 0 Å². The van der Waals surface area contributed by atoms with Crippen LogP contribution in [0.15, 0.2) is 0 Å². The van der Waals surface area contributed by atoms with E-state index in [0.717, 1.165) is 31.5 Å². The van der Waals surface area contributed by atoms with Crippen molar-refractivity contribution in [1.29, 1.82) is 0 Å². The van der Waals surface area contributed by atoms with E-state index in [1.807, 2.05) is 0 Å². The molecule has 1 saturated heterocycles. The van der Waals surface area contributed by atoms with Crippen molar-refractivity contribution in [2.75, 3.05) is 13.1 Å². The van der Waals surface area contributed by atoms with Crippen LogP contribution in [-0.2, 0) is 0 Å². The minimum absolute atomic E-state index is 0.136. The van der Waals surface area contributed by atoms with Crippen molar-refractivity contribution in [3.05, 3.63) is 10.6 Å². The zero-order valence-corrected chi connectivity index (χ0v) is 11.1. The van der Waals surface area contributed by atoms with E-state index in [2.05, 4.69) is 15.4 Å². The number of aromatic nitrogens is 3. The normalized spacial score (nSPS) is 17.1. The van der Waals surface area contributed by atoms with Crippen LogP contribution >= 0.6 is 11.6 Å². The summed E-state index contributed by atoms with van der Waals surface area (Å²) in [6.45, 7) is 1.88. The standard InChI is InChI=1S/C11H10B3ClN4/c12-7-8(15)6(5-1-3-16-4-2-5)9(13)19-10(7)17-11(14)18-19/h5,16H,1-4H2. The van der Waals surface area contributed by atoms with E-state index in [0.29, 0.717) is 21.7 Å². The summed E-state index contributed by atoms with van der Waals surface area (Å²) in [5.74, 6) is 0.283. The Morgan fingerprint density at radius 2 is 1.89 bits per heavy atom. The van der Waals surface area contributed by atoms with Crippen molar-refractivity contribution in [2.45, 2.75) is 18.8 Å². The Labute approximate surface area is 120 Å². The molecule has 0 aliphatic carbocycles. The first-order valence-corrected chi connectivity index (χ1v) is 6.56. The fourth-order valence-electron chi connectivity index (χ4n) is 2.64. The summed E-state index contributed by atoms with van der Waals surface area (Å²) in [4.78, 5) is 4.05. The zero-order valence-electron chi connectivity index (χ0n) is 10.4. The van der Waals surface area contributed by atoms with Crippen LogP contribution in [-0.4, -0.2) is 51.2 Å². The lowest BCUT2D eigenvalue weighted by Gasteiger charge is -2.26. The van der Waals surface area contributed by atoms with Gasteiger partial charge in [0.2, 0.25) is 0 Å². The van der Waals surface area contributed by atoms with E-state index >= 15 is 0 Å². The highest BCUT2D eigenvalue weighted by Crippen LogP contribution is 2.28. The van der Waals surface area contributed by atoms with Crippen LogP contribution in [0.2, 0.25) is 5.02 Å². The molecule has 2 aromatic heterocycles. The van der Waals surface area contributed by atoms with Gasteiger partial charge in [0.05, 0.1) is 5.72 Å². The minimum Gasteiger partial charge on any atom is -0.317 e. The van der Waals surface area contributed by atoms with E-state index in [4.69, 9.17) is 35.1 Å². The average Bonchev–Trinajstić information content (AvgIpc) is 2.80. The van der Waals surface area contributed by atoms with Gasteiger partial charge in [-0.3, -0.25) is 0 Å². The first-order chi connectivity index (χ1) is 9.09. The van der Waals surface area contributed by atoms with Crippen LogP contribution < -0.4 is 22.1 Å². The van der Waals surface area contributed by atoms with Crippen LogP contribution in [0.5, 0.6) is 0 Å². The number of fused-ring (bicyclic) bond motifs is 1. The predicted molar refractivity (Wildman–Crippen MR) is 79.0 cm³/mol. The summed E-state index contributed by atoms with van der Waals surface area (Å²) < 4.78 is 1.48. The Hall–Kier alpha value is -0.935. The second kappa shape index (κ2) is 4.87. The van der Waals surface area contributed by atoms with Gasteiger partial charge in [0.1, 0.15) is 21.3 Å². The van der Waals surface area contributed by atoms with E-state index < -0.39 is 0 Å². The summed E-state index contributed by atoms with van der Waals surface area (Å²) in [6.07, 6.45) is 1.94. The number of rotatable bonds is 1. The van der Waals surface area contributed by atoms with Gasteiger partial charge in [0, 0.05) is 5.02 Å². The minimum atomic E-state index is 0.136. The number of hydrogen-bond acceptors (Lipinski definition) is 3. The smallest absolute Gasteiger partial charge is 0.173 e. The summed E-state index contributed by atoms with van der Waals surface area (Å²) >= 11 is 6.37. The molecule has 6 radical (unpaired) electrons. The summed E-state index contributed by atoms with van der Waals surface area (Å²) in [5, 5.41) is 7.86. The van der Waals surface area contributed by atoms with Gasteiger partial charge in [-0.15, -0.1) is 0 Å². The molecular weight excluding hydrogens is 256 g/mol. The largest absolute Gasteiger partial charge is 0.317 e. The van der Waals surface area contributed by atoms with Gasteiger partial charge in [-0.25, -0.2) is 9.50 Å². The van der Waals surface area contributed by atoms with Crippen LogP contribution in [0, 0.1) is 0 Å². The van der Waals surface area contributed by atoms with Crippen molar-refractivity contribution < 1.29 is 0 Å². The molecule has 3 heterocycles. The Balaban J connectivity index is 2.23. The maximum atomic E-state index is 6.37. The molecule has 0 bridgehead atoms. The predicted octanol–water partition coefficient (Wildman–Crippen LogP) is -1.77. The molecule has 4 nitrogen and oxygen atoms in total. The monoisotopic (exact) mass is 266 g/mol. The molecule has 1 fully saturated rings. The topological polar surface area (TPSA) is 42.2 Å². The molecule has 3 rings (SSSR count). The number of hydrogen-bond donors (Lipinski definition) is 1. The Bertz CT molecular complexity index is 637. The second-order valence-electron chi connectivity index (χ2n) is 4.76. The molecule has 0 aromatic carbocycles. The lowest BCUT2D eigenvalue weighted by molar-refractivity contribution is 0.461. The fraction of sp³-hybridized carbons (Fsp3) is 0.455. The Morgan fingerprint density at radius 3 is 2.58 bits per heavy atom. The molecule has 2 aromatic rings. The van der Waals surface area contributed by atoms with Gasteiger partial charge >= 0.3 is 0 Å². The van der Waals surface area contributed by atoms with E-state index in [-0.39, 0.29) is 11.6 Å². The first-order valence-electron chi connectivity index (χ1n) is 6.19. The summed E-state index contributed by atoms with van der Waals surface area (Å²) in [7, 11) is 17.8. The summed E-state index contributed by atoms with van der Waals surface area (Å²) in [5.41, 5.74) is 2.27. The lowest BCUT2D eigenvalue weighted by atomic mass is 9.80. The number of piperidine rings is 1. The second-order valence-corrected chi connectivity index (χ2v) is 5.13. The van der Waals surface area contributed by atoms with Crippen molar-refractivity contribution in [2.24, 2.45) is 0 Å². The number of halogens is 1. The fourth-order valence-corrected chi connectivity index (χ4v) is 2.97. The van der Waals surface area contributed by atoms with Crippen molar-refractivity contribution >= 4 is 57.6 Å². The maximum absolute atomic E-state index is 6.37. The quantitative estimate of drug-likeness (QED) is 0.621.